The van der Waals surface area contributed by atoms with Crippen LogP contribution in [0.25, 0.3) is 0 Å². The highest BCUT2D eigenvalue weighted by molar-refractivity contribution is 7.59. The fraction of sp³-hybridized carbons (Fsp3) is 0.400. The lowest BCUT2D eigenvalue weighted by Gasteiger charge is -2.25. The highest BCUT2D eigenvalue weighted by atomic mass is 35.5. The molecule has 318 valence electrons. The van der Waals surface area contributed by atoms with Crippen molar-refractivity contribution in [3.8, 4) is 5.75 Å². The SMILES string of the molecule is C1CCOC1.C=CC[C@@H](CO)N(C)C(=O)CCc1cccc(F)c1Cl.C=CC[C@H](CC)CO.O=C(NCc1cccc(F)c1Cl)Oc1ccc([N+](=O)[O-])cc1.S.S. The summed E-state index contributed by atoms with van der Waals surface area (Å²) >= 11 is 11.6. The Kier molecular flexibility index (Phi) is 31.4. The number of allylic oxidation sites excluding steroid dienone is 1. The van der Waals surface area contributed by atoms with Gasteiger partial charge in [-0.05, 0) is 73.4 Å². The first-order valence-electron chi connectivity index (χ1n) is 17.7. The van der Waals surface area contributed by atoms with E-state index in [1.54, 1.807) is 31.3 Å². The summed E-state index contributed by atoms with van der Waals surface area (Å²) < 4.78 is 36.4. The molecule has 0 saturated carbocycles. The number of hydrogen-bond acceptors (Lipinski definition) is 8. The number of halogens is 4. The lowest BCUT2D eigenvalue weighted by molar-refractivity contribution is -0.384. The van der Waals surface area contributed by atoms with Crippen molar-refractivity contribution in [1.82, 2.24) is 10.2 Å². The Hall–Kier alpha value is -3.70. The van der Waals surface area contributed by atoms with E-state index in [1.807, 2.05) is 6.08 Å². The number of hydrogen-bond donors (Lipinski definition) is 3. The van der Waals surface area contributed by atoms with E-state index in [9.17, 15) is 33.6 Å². The summed E-state index contributed by atoms with van der Waals surface area (Å²) in [6, 6.07) is 13.6. The number of likely N-dealkylation sites (N-methyl/N-ethyl adjacent to an activating group) is 1. The van der Waals surface area contributed by atoms with Gasteiger partial charge in [-0.1, -0.05) is 73.0 Å². The van der Waals surface area contributed by atoms with Crippen LogP contribution in [0, 0.1) is 27.7 Å². The minimum atomic E-state index is -0.783. The van der Waals surface area contributed by atoms with Crippen molar-refractivity contribution in [2.75, 3.05) is 33.5 Å². The number of nitro groups is 1. The van der Waals surface area contributed by atoms with Crippen LogP contribution < -0.4 is 10.1 Å². The summed E-state index contributed by atoms with van der Waals surface area (Å²) in [5.74, 6) is -0.596. The third-order valence-corrected chi connectivity index (χ3v) is 8.95. The van der Waals surface area contributed by atoms with Gasteiger partial charge in [-0.25, -0.2) is 13.6 Å². The highest BCUT2D eigenvalue weighted by Crippen LogP contribution is 2.22. The Labute approximate surface area is 358 Å². The van der Waals surface area contributed by atoms with Gasteiger partial charge in [0.25, 0.3) is 5.69 Å². The molecule has 57 heavy (non-hydrogen) atoms. The number of aliphatic hydroxyl groups is 2. The summed E-state index contributed by atoms with van der Waals surface area (Å²) in [5.41, 5.74) is 0.902. The van der Waals surface area contributed by atoms with Crippen LogP contribution >= 0.6 is 50.2 Å². The molecule has 0 unspecified atom stereocenters. The van der Waals surface area contributed by atoms with Gasteiger partial charge in [0, 0.05) is 52.0 Å². The van der Waals surface area contributed by atoms with Gasteiger partial charge in [0.1, 0.15) is 17.4 Å². The molecule has 0 bridgehead atoms. The van der Waals surface area contributed by atoms with Crippen molar-refractivity contribution < 1.29 is 43.0 Å². The maximum atomic E-state index is 13.3. The van der Waals surface area contributed by atoms with Crippen LogP contribution in [0.15, 0.2) is 86.0 Å². The molecular weight excluding hydrogens is 823 g/mol. The van der Waals surface area contributed by atoms with Crippen LogP contribution in [0.5, 0.6) is 5.75 Å². The molecule has 1 saturated heterocycles. The standard InChI is InChI=1S/C15H19ClFNO2.C14H10ClFN2O4.C7H14O.C4H8O.2H2S/c1-3-5-12(10-19)18(2)14(20)9-8-11-6-4-7-13(17)15(11)16;15-13-9(2-1-3-12(13)16)8-17-14(19)22-11-6-4-10(5-7-11)18(20)21;1-3-5-7(4-2)6-8;1-2-4-5-3-1;;/h3-4,6-7,12,19H,1,5,8-10H2,2H3;1-7H,8H2,(H,17,19);3,7-8H,1,4-6H2,2H3;1-4H2;2*1H2/t12-;;7-;;;/m0.0.../s1. The third kappa shape index (κ3) is 22.1. The minimum absolute atomic E-state index is 0. The minimum Gasteiger partial charge on any atom is -0.410 e. The van der Waals surface area contributed by atoms with Gasteiger partial charge in [-0.15, -0.1) is 13.2 Å². The van der Waals surface area contributed by atoms with Crippen LogP contribution in [-0.4, -0.2) is 71.6 Å². The van der Waals surface area contributed by atoms with E-state index in [4.69, 9.17) is 37.8 Å². The Morgan fingerprint density at radius 1 is 0.947 bits per heavy atom. The second-order valence-corrected chi connectivity index (χ2v) is 12.8. The Balaban J connectivity index is 0. The van der Waals surface area contributed by atoms with E-state index in [1.165, 1.54) is 60.2 Å². The second kappa shape index (κ2) is 32.3. The molecule has 3 N–H and O–H groups in total. The van der Waals surface area contributed by atoms with E-state index < -0.39 is 22.7 Å². The summed E-state index contributed by atoms with van der Waals surface area (Å²) in [7, 11) is 1.64. The van der Waals surface area contributed by atoms with Gasteiger partial charge in [0.15, 0.2) is 0 Å². The van der Waals surface area contributed by atoms with Crippen molar-refractivity contribution >= 4 is 67.9 Å². The number of aliphatic hydroxyl groups excluding tert-OH is 2. The Morgan fingerprint density at radius 3 is 1.93 bits per heavy atom. The smallest absolute Gasteiger partial charge is 0.410 e. The molecule has 2 atom stereocenters. The fourth-order valence-corrected chi connectivity index (χ4v) is 5.07. The maximum absolute atomic E-state index is 13.3. The van der Waals surface area contributed by atoms with Gasteiger partial charge < -0.3 is 29.9 Å². The number of amides is 2. The van der Waals surface area contributed by atoms with E-state index in [-0.39, 0.29) is 80.0 Å². The zero-order chi connectivity index (χ0) is 41.2. The molecule has 4 rings (SSSR count). The molecule has 1 heterocycles. The predicted molar refractivity (Wildman–Crippen MR) is 232 cm³/mol. The second-order valence-electron chi connectivity index (χ2n) is 12.1. The molecule has 3 aromatic carbocycles. The summed E-state index contributed by atoms with van der Waals surface area (Å²) in [6.07, 6.45) is 8.38. The molecule has 0 spiro atoms. The average molecular weight is 879 g/mol. The molecule has 11 nitrogen and oxygen atoms in total. The quantitative estimate of drug-likeness (QED) is 0.0778. The van der Waals surface area contributed by atoms with E-state index >= 15 is 0 Å². The predicted octanol–water partition coefficient (Wildman–Crippen LogP) is 9.09. The monoisotopic (exact) mass is 877 g/mol. The van der Waals surface area contributed by atoms with Gasteiger partial charge in [-0.3, -0.25) is 14.9 Å². The molecular formula is C40H55Cl2F2N3O8S2. The molecule has 0 radical (unpaired) electrons. The summed E-state index contributed by atoms with van der Waals surface area (Å²) in [4.78, 5) is 35.1. The van der Waals surface area contributed by atoms with Gasteiger partial charge >= 0.3 is 6.09 Å². The van der Waals surface area contributed by atoms with Crippen LogP contribution in [-0.2, 0) is 22.5 Å². The van der Waals surface area contributed by atoms with Gasteiger partial charge in [-0.2, -0.15) is 27.0 Å². The number of nitro benzene ring substituents is 1. The van der Waals surface area contributed by atoms with Crippen molar-refractivity contribution in [2.45, 2.75) is 64.5 Å². The molecule has 1 fully saturated rings. The molecule has 1 aliphatic rings. The van der Waals surface area contributed by atoms with Crippen molar-refractivity contribution in [3.63, 3.8) is 0 Å². The first kappa shape index (κ1) is 55.4. The van der Waals surface area contributed by atoms with Crippen molar-refractivity contribution in [2.24, 2.45) is 5.92 Å². The summed E-state index contributed by atoms with van der Waals surface area (Å²) in [5, 5.41) is 30.7. The first-order chi connectivity index (χ1) is 26.3. The molecule has 0 aliphatic carbocycles. The number of carbonyl (C=O) groups excluding carboxylic acids is 2. The molecule has 1 aliphatic heterocycles. The van der Waals surface area contributed by atoms with E-state index in [2.05, 4.69) is 25.4 Å². The van der Waals surface area contributed by atoms with Crippen LogP contribution in [0.2, 0.25) is 10.0 Å². The zero-order valence-electron chi connectivity index (χ0n) is 32.2. The summed E-state index contributed by atoms with van der Waals surface area (Å²) in [6.45, 7) is 11.4. The average Bonchev–Trinajstić information content (AvgIpc) is 3.78. The number of non-ortho nitro benzene ring substituents is 1. The van der Waals surface area contributed by atoms with Gasteiger partial charge in [0.2, 0.25) is 5.91 Å². The lowest BCUT2D eigenvalue weighted by Crippen LogP contribution is -2.39. The fourth-order valence-electron chi connectivity index (χ4n) is 4.66. The number of benzene rings is 3. The van der Waals surface area contributed by atoms with Crippen LogP contribution in [0.1, 0.15) is 56.6 Å². The topological polar surface area (TPSA) is 151 Å². The number of rotatable bonds is 15. The number of nitrogens with one attached hydrogen (secondary N) is 1. The van der Waals surface area contributed by atoms with Gasteiger partial charge in [0.05, 0.1) is 27.6 Å². The number of aryl methyl sites for hydroxylation is 1. The number of carbonyl (C=O) groups is 2. The van der Waals surface area contributed by atoms with Crippen molar-refractivity contribution in [3.05, 3.63) is 129 Å². The van der Waals surface area contributed by atoms with Crippen molar-refractivity contribution in [1.29, 1.82) is 0 Å². The molecule has 3 aromatic rings. The highest BCUT2D eigenvalue weighted by Gasteiger charge is 2.18. The normalized spacial score (nSPS) is 12.1. The third-order valence-electron chi connectivity index (χ3n) is 8.11. The first-order valence-corrected chi connectivity index (χ1v) is 18.4. The molecule has 17 heteroatoms. The van der Waals surface area contributed by atoms with E-state index in [0.29, 0.717) is 36.5 Å². The Morgan fingerprint density at radius 2 is 1.49 bits per heavy atom. The van der Waals surface area contributed by atoms with E-state index in [0.717, 1.165) is 26.1 Å². The zero-order valence-corrected chi connectivity index (χ0v) is 35.7. The lowest BCUT2D eigenvalue weighted by atomic mass is 10.0. The maximum Gasteiger partial charge on any atom is 0.412 e. The van der Waals surface area contributed by atoms with Crippen LogP contribution in [0.3, 0.4) is 0 Å². The number of ether oxygens (including phenoxy) is 2. The number of nitrogens with zero attached hydrogens (tertiary/aromatic N) is 2. The molecule has 0 aromatic heterocycles. The largest absolute Gasteiger partial charge is 0.412 e. The van der Waals surface area contributed by atoms with Crippen LogP contribution in [0.4, 0.5) is 19.3 Å². The molecule has 2 amide bonds. The Bertz CT molecular complexity index is 1630.